The van der Waals surface area contributed by atoms with E-state index in [9.17, 15) is 5.11 Å². The predicted octanol–water partition coefficient (Wildman–Crippen LogP) is 2.76. The maximum atomic E-state index is 9.35. The molecule has 26 heavy (non-hydrogen) atoms. The number of likely N-dealkylation sites (tertiary alicyclic amines) is 2. The van der Waals surface area contributed by atoms with Gasteiger partial charge in [0, 0.05) is 25.7 Å². The van der Waals surface area contributed by atoms with Crippen molar-refractivity contribution in [2.24, 2.45) is 5.92 Å². The Kier molecular flexibility index (Phi) is 7.17. The van der Waals surface area contributed by atoms with Crippen molar-refractivity contribution >= 4 is 0 Å². The van der Waals surface area contributed by atoms with Crippen LogP contribution in [0.2, 0.25) is 0 Å². The second-order valence-electron chi connectivity index (χ2n) is 7.61. The fraction of sp³-hybridized carbons (Fsp3) is 0.714. The second kappa shape index (κ2) is 9.58. The zero-order chi connectivity index (χ0) is 18.4. The number of benzene rings is 1. The molecular weight excluding hydrogens is 328 g/mol. The summed E-state index contributed by atoms with van der Waals surface area (Å²) in [6.07, 6.45) is 4.85. The summed E-state index contributed by atoms with van der Waals surface area (Å²) in [4.78, 5) is 5.22. The molecule has 0 bridgehead atoms. The molecule has 2 heterocycles. The van der Waals surface area contributed by atoms with E-state index < -0.39 is 0 Å². The van der Waals surface area contributed by atoms with Crippen LogP contribution in [0.3, 0.4) is 0 Å². The number of piperidine rings is 2. The molecule has 1 N–H and O–H groups in total. The summed E-state index contributed by atoms with van der Waals surface area (Å²) in [6.45, 7) is 8.55. The lowest BCUT2D eigenvalue weighted by atomic mass is 9.94. The molecule has 1 aromatic carbocycles. The number of hydrogen-bond donors (Lipinski definition) is 1. The lowest BCUT2D eigenvalue weighted by Crippen LogP contribution is -2.50. The van der Waals surface area contributed by atoms with E-state index in [-0.39, 0.29) is 0 Å². The minimum atomic E-state index is 0.351. The first-order chi connectivity index (χ1) is 12.7. The summed E-state index contributed by atoms with van der Waals surface area (Å²) in [5, 5.41) is 9.35. The van der Waals surface area contributed by atoms with Gasteiger partial charge in [0.05, 0.1) is 13.7 Å². The predicted molar refractivity (Wildman–Crippen MR) is 104 cm³/mol. The lowest BCUT2D eigenvalue weighted by molar-refractivity contribution is 0.0543. The first-order valence-electron chi connectivity index (χ1n) is 10.1. The lowest BCUT2D eigenvalue weighted by Gasteiger charge is -2.42. The first-order valence-corrected chi connectivity index (χ1v) is 10.1. The van der Waals surface area contributed by atoms with Gasteiger partial charge in [-0.1, -0.05) is 6.07 Å². The topological polar surface area (TPSA) is 45.2 Å². The number of rotatable bonds is 7. The highest BCUT2D eigenvalue weighted by Gasteiger charge is 2.28. The molecule has 1 aromatic rings. The highest BCUT2D eigenvalue weighted by Crippen LogP contribution is 2.29. The van der Waals surface area contributed by atoms with E-state index in [0.717, 1.165) is 50.5 Å². The smallest absolute Gasteiger partial charge is 0.161 e. The Balaban J connectivity index is 1.57. The van der Waals surface area contributed by atoms with Crippen molar-refractivity contribution in [3.63, 3.8) is 0 Å². The van der Waals surface area contributed by atoms with Gasteiger partial charge in [-0.25, -0.2) is 0 Å². The van der Waals surface area contributed by atoms with Crippen LogP contribution in [0.5, 0.6) is 11.5 Å². The molecule has 5 heteroatoms. The summed E-state index contributed by atoms with van der Waals surface area (Å²) in [5.74, 6) is 2.16. The molecule has 1 atom stereocenters. The molecular formula is C21H34N2O3. The zero-order valence-electron chi connectivity index (χ0n) is 16.3. The number of hydrogen-bond acceptors (Lipinski definition) is 5. The van der Waals surface area contributed by atoms with Gasteiger partial charge in [-0.2, -0.15) is 0 Å². The highest BCUT2D eigenvalue weighted by molar-refractivity contribution is 5.43. The van der Waals surface area contributed by atoms with Crippen LogP contribution in [-0.2, 0) is 6.54 Å². The summed E-state index contributed by atoms with van der Waals surface area (Å²) in [6, 6.07) is 6.95. The molecule has 2 fully saturated rings. The normalized spacial score (nSPS) is 23.1. The van der Waals surface area contributed by atoms with Crippen LogP contribution in [0, 0.1) is 5.92 Å². The van der Waals surface area contributed by atoms with Crippen molar-refractivity contribution in [2.45, 2.75) is 45.2 Å². The Morgan fingerprint density at radius 1 is 1.12 bits per heavy atom. The Labute approximate surface area is 157 Å². The average molecular weight is 363 g/mol. The average Bonchev–Trinajstić information content (AvgIpc) is 2.69. The molecule has 5 nitrogen and oxygen atoms in total. The molecule has 2 saturated heterocycles. The van der Waals surface area contributed by atoms with Gasteiger partial charge in [0.2, 0.25) is 0 Å². The van der Waals surface area contributed by atoms with Crippen molar-refractivity contribution in [1.29, 1.82) is 0 Å². The van der Waals surface area contributed by atoms with E-state index in [1.165, 1.54) is 24.9 Å². The van der Waals surface area contributed by atoms with Gasteiger partial charge in [-0.15, -0.1) is 0 Å². The number of aliphatic hydroxyl groups excluding tert-OH is 1. The minimum absolute atomic E-state index is 0.351. The molecule has 0 spiro atoms. The molecule has 0 aliphatic carbocycles. The van der Waals surface area contributed by atoms with E-state index in [4.69, 9.17) is 9.47 Å². The molecule has 3 rings (SSSR count). The van der Waals surface area contributed by atoms with Gasteiger partial charge in [0.15, 0.2) is 11.5 Å². The Morgan fingerprint density at radius 2 is 1.92 bits per heavy atom. The van der Waals surface area contributed by atoms with Crippen LogP contribution in [0.4, 0.5) is 0 Å². The van der Waals surface area contributed by atoms with E-state index in [1.54, 1.807) is 7.11 Å². The van der Waals surface area contributed by atoms with Crippen molar-refractivity contribution in [3.05, 3.63) is 23.8 Å². The molecule has 2 aliphatic heterocycles. The van der Waals surface area contributed by atoms with Gasteiger partial charge in [-0.05, 0) is 75.9 Å². The Hall–Kier alpha value is -1.30. The van der Waals surface area contributed by atoms with Crippen LogP contribution in [0.15, 0.2) is 18.2 Å². The van der Waals surface area contributed by atoms with E-state index in [2.05, 4.69) is 21.9 Å². The monoisotopic (exact) mass is 362 g/mol. The van der Waals surface area contributed by atoms with E-state index in [0.29, 0.717) is 25.2 Å². The van der Waals surface area contributed by atoms with Crippen molar-refractivity contribution in [3.8, 4) is 11.5 Å². The summed E-state index contributed by atoms with van der Waals surface area (Å²) < 4.78 is 11.1. The van der Waals surface area contributed by atoms with Crippen LogP contribution in [0.1, 0.15) is 38.2 Å². The second-order valence-corrected chi connectivity index (χ2v) is 7.61. The molecule has 0 amide bonds. The van der Waals surface area contributed by atoms with Gasteiger partial charge in [-0.3, -0.25) is 9.80 Å². The fourth-order valence-corrected chi connectivity index (χ4v) is 4.32. The molecule has 0 saturated carbocycles. The van der Waals surface area contributed by atoms with Crippen molar-refractivity contribution in [1.82, 2.24) is 9.80 Å². The first kappa shape index (κ1) is 19.5. The Morgan fingerprint density at radius 3 is 2.62 bits per heavy atom. The molecule has 1 unspecified atom stereocenters. The number of aliphatic hydroxyl groups is 1. The summed E-state index contributed by atoms with van der Waals surface area (Å²) in [7, 11) is 1.69. The van der Waals surface area contributed by atoms with Crippen LogP contribution >= 0.6 is 0 Å². The van der Waals surface area contributed by atoms with E-state index >= 15 is 0 Å². The Bertz CT molecular complexity index is 558. The molecule has 0 radical (unpaired) electrons. The van der Waals surface area contributed by atoms with Crippen molar-refractivity contribution in [2.75, 3.05) is 46.5 Å². The third-order valence-corrected chi connectivity index (χ3v) is 5.84. The van der Waals surface area contributed by atoms with Crippen LogP contribution in [0.25, 0.3) is 0 Å². The molecule has 0 aromatic heterocycles. The third kappa shape index (κ3) is 4.90. The molecule has 146 valence electrons. The SMILES string of the molecule is CCOc1cc(CN2CCCC(N3CCC(CO)CC3)C2)ccc1OC. The number of ether oxygens (including phenoxy) is 2. The van der Waals surface area contributed by atoms with Crippen molar-refractivity contribution < 1.29 is 14.6 Å². The summed E-state index contributed by atoms with van der Waals surface area (Å²) >= 11 is 0. The van der Waals surface area contributed by atoms with Gasteiger partial charge in [0.25, 0.3) is 0 Å². The number of methoxy groups -OCH3 is 1. The standard InChI is InChI=1S/C21H34N2O3/c1-3-26-21-13-18(6-7-20(21)25-2)14-22-10-4-5-19(15-22)23-11-8-17(16-24)9-12-23/h6-7,13,17,19,24H,3-5,8-12,14-16H2,1-2H3. The maximum Gasteiger partial charge on any atom is 0.161 e. The van der Waals surface area contributed by atoms with Gasteiger partial charge in [0.1, 0.15) is 0 Å². The third-order valence-electron chi connectivity index (χ3n) is 5.84. The number of nitrogens with zero attached hydrogens (tertiary/aromatic N) is 2. The minimum Gasteiger partial charge on any atom is -0.493 e. The van der Waals surface area contributed by atoms with Gasteiger partial charge >= 0.3 is 0 Å². The maximum absolute atomic E-state index is 9.35. The van der Waals surface area contributed by atoms with Crippen LogP contribution < -0.4 is 9.47 Å². The largest absolute Gasteiger partial charge is 0.493 e. The van der Waals surface area contributed by atoms with E-state index in [1.807, 2.05) is 13.0 Å². The zero-order valence-corrected chi connectivity index (χ0v) is 16.3. The molecule has 2 aliphatic rings. The van der Waals surface area contributed by atoms with Crippen LogP contribution in [-0.4, -0.2) is 67.5 Å². The quantitative estimate of drug-likeness (QED) is 0.808. The van der Waals surface area contributed by atoms with Gasteiger partial charge < -0.3 is 14.6 Å². The summed E-state index contributed by atoms with van der Waals surface area (Å²) in [5.41, 5.74) is 1.29. The fourth-order valence-electron chi connectivity index (χ4n) is 4.32. The highest BCUT2D eigenvalue weighted by atomic mass is 16.5.